The molecule has 0 aromatic heterocycles. The van der Waals surface area contributed by atoms with E-state index < -0.39 is 0 Å². The van der Waals surface area contributed by atoms with Crippen molar-refractivity contribution in [2.24, 2.45) is 0 Å². The van der Waals surface area contributed by atoms with E-state index in [0.717, 1.165) is 5.69 Å². The van der Waals surface area contributed by atoms with Gasteiger partial charge in [0.15, 0.2) is 11.5 Å². The average molecular weight is 370 g/mol. The number of ether oxygens (including phenoxy) is 3. The third kappa shape index (κ3) is 3.97. The Bertz CT molecular complexity index is 852. The minimum Gasteiger partial charge on any atom is -0.497 e. The lowest BCUT2D eigenvalue weighted by Gasteiger charge is -2.18. The van der Waals surface area contributed by atoms with Gasteiger partial charge in [0.1, 0.15) is 5.75 Å². The van der Waals surface area contributed by atoms with E-state index >= 15 is 0 Å². The average Bonchev–Trinajstić information content (AvgIpc) is 3.07. The van der Waals surface area contributed by atoms with Crippen molar-refractivity contribution in [1.82, 2.24) is 5.32 Å². The van der Waals surface area contributed by atoms with Crippen molar-refractivity contribution in [3.05, 3.63) is 48.0 Å². The van der Waals surface area contributed by atoms with Crippen molar-refractivity contribution in [3.8, 4) is 17.2 Å². The standard InChI is InChI=1S/C20H22N2O5/c1-25-16-6-4-5-15(11-16)22-12-14(10-19(22)23)21-20(24)13-7-8-17(26-2)18(9-13)27-3/h4-9,11,14H,10,12H2,1-3H3,(H,21,24)/t14-/m1/s1. The van der Waals surface area contributed by atoms with Crippen LogP contribution in [0.5, 0.6) is 17.2 Å². The number of anilines is 1. The molecular weight excluding hydrogens is 348 g/mol. The first-order valence-corrected chi connectivity index (χ1v) is 8.53. The first-order valence-electron chi connectivity index (χ1n) is 8.53. The van der Waals surface area contributed by atoms with Gasteiger partial charge in [-0.1, -0.05) is 6.07 Å². The number of nitrogens with zero attached hydrogens (tertiary/aromatic N) is 1. The van der Waals surface area contributed by atoms with Crippen LogP contribution in [0.4, 0.5) is 5.69 Å². The highest BCUT2D eigenvalue weighted by Gasteiger charge is 2.32. The van der Waals surface area contributed by atoms with Crippen LogP contribution in [0.15, 0.2) is 42.5 Å². The second kappa shape index (κ2) is 7.99. The Balaban J connectivity index is 1.70. The smallest absolute Gasteiger partial charge is 0.251 e. The van der Waals surface area contributed by atoms with Gasteiger partial charge in [0.25, 0.3) is 5.91 Å². The Hall–Kier alpha value is -3.22. The molecule has 1 atom stereocenters. The number of nitrogens with one attached hydrogen (secondary N) is 1. The van der Waals surface area contributed by atoms with Crippen LogP contribution in [0, 0.1) is 0 Å². The van der Waals surface area contributed by atoms with Crippen LogP contribution < -0.4 is 24.4 Å². The summed E-state index contributed by atoms with van der Waals surface area (Å²) in [7, 11) is 4.63. The zero-order valence-electron chi connectivity index (χ0n) is 15.5. The molecule has 7 heteroatoms. The van der Waals surface area contributed by atoms with Crippen LogP contribution in [-0.2, 0) is 4.79 Å². The normalized spacial score (nSPS) is 16.2. The van der Waals surface area contributed by atoms with Gasteiger partial charge >= 0.3 is 0 Å². The quantitative estimate of drug-likeness (QED) is 0.844. The molecule has 27 heavy (non-hydrogen) atoms. The number of hydrogen-bond donors (Lipinski definition) is 1. The summed E-state index contributed by atoms with van der Waals surface area (Å²) in [6.07, 6.45) is 0.246. The molecule has 2 aromatic rings. The van der Waals surface area contributed by atoms with E-state index in [1.807, 2.05) is 18.2 Å². The maximum atomic E-state index is 12.6. The monoisotopic (exact) mass is 370 g/mol. The molecule has 0 aliphatic carbocycles. The highest BCUT2D eigenvalue weighted by molar-refractivity contribution is 5.99. The number of benzene rings is 2. The van der Waals surface area contributed by atoms with Crippen molar-refractivity contribution in [2.45, 2.75) is 12.5 Å². The van der Waals surface area contributed by atoms with Gasteiger partial charge in [0.2, 0.25) is 5.91 Å². The van der Waals surface area contributed by atoms with E-state index in [0.29, 0.717) is 29.4 Å². The lowest BCUT2D eigenvalue weighted by atomic mass is 10.1. The Kier molecular flexibility index (Phi) is 5.49. The Labute approximate surface area is 157 Å². The molecule has 1 saturated heterocycles. The third-order valence-electron chi connectivity index (χ3n) is 4.47. The zero-order valence-corrected chi connectivity index (χ0v) is 15.5. The molecule has 0 spiro atoms. The van der Waals surface area contributed by atoms with Gasteiger partial charge in [-0.3, -0.25) is 9.59 Å². The predicted octanol–water partition coefficient (Wildman–Crippen LogP) is 2.25. The van der Waals surface area contributed by atoms with Crippen LogP contribution in [0.1, 0.15) is 16.8 Å². The van der Waals surface area contributed by atoms with Gasteiger partial charge in [0, 0.05) is 30.3 Å². The molecule has 1 aliphatic heterocycles. The summed E-state index contributed by atoms with van der Waals surface area (Å²) in [6, 6.07) is 12.0. The molecule has 1 heterocycles. The van der Waals surface area contributed by atoms with Crippen molar-refractivity contribution < 1.29 is 23.8 Å². The fourth-order valence-corrected chi connectivity index (χ4v) is 3.08. The van der Waals surface area contributed by atoms with Crippen LogP contribution in [0.3, 0.4) is 0 Å². The molecule has 2 amide bonds. The second-order valence-corrected chi connectivity index (χ2v) is 6.15. The number of rotatable bonds is 6. The highest BCUT2D eigenvalue weighted by Crippen LogP contribution is 2.28. The molecule has 0 bridgehead atoms. The van der Waals surface area contributed by atoms with Gasteiger partial charge in [-0.15, -0.1) is 0 Å². The first kappa shape index (κ1) is 18.6. The van der Waals surface area contributed by atoms with Gasteiger partial charge in [-0.05, 0) is 30.3 Å². The molecule has 142 valence electrons. The summed E-state index contributed by atoms with van der Waals surface area (Å²) in [4.78, 5) is 26.6. The molecule has 1 N–H and O–H groups in total. The number of carbonyl (C=O) groups excluding carboxylic acids is 2. The summed E-state index contributed by atoms with van der Waals surface area (Å²) in [5, 5.41) is 2.91. The van der Waals surface area contributed by atoms with Gasteiger partial charge in [-0.25, -0.2) is 0 Å². The molecule has 7 nitrogen and oxygen atoms in total. The SMILES string of the molecule is COc1cccc(N2C[C@H](NC(=O)c3ccc(OC)c(OC)c3)CC2=O)c1. The first-order chi connectivity index (χ1) is 13.0. The van der Waals surface area contributed by atoms with Gasteiger partial charge in [0.05, 0.1) is 27.4 Å². The second-order valence-electron chi connectivity index (χ2n) is 6.15. The maximum Gasteiger partial charge on any atom is 0.251 e. The van der Waals surface area contributed by atoms with Crippen LogP contribution in [0.2, 0.25) is 0 Å². The summed E-state index contributed by atoms with van der Waals surface area (Å²) < 4.78 is 15.6. The van der Waals surface area contributed by atoms with E-state index in [9.17, 15) is 9.59 Å². The Morgan fingerprint density at radius 1 is 1.04 bits per heavy atom. The number of hydrogen-bond acceptors (Lipinski definition) is 5. The molecule has 2 aromatic carbocycles. The van der Waals surface area contributed by atoms with E-state index in [2.05, 4.69) is 5.32 Å². The number of carbonyl (C=O) groups is 2. The van der Waals surface area contributed by atoms with E-state index in [1.54, 1.807) is 36.3 Å². The molecule has 0 saturated carbocycles. The Morgan fingerprint density at radius 2 is 1.81 bits per heavy atom. The van der Waals surface area contributed by atoms with Crippen molar-refractivity contribution in [3.63, 3.8) is 0 Å². The Morgan fingerprint density at radius 3 is 2.52 bits per heavy atom. The van der Waals surface area contributed by atoms with Crippen LogP contribution in [0.25, 0.3) is 0 Å². The third-order valence-corrected chi connectivity index (χ3v) is 4.47. The van der Waals surface area contributed by atoms with Crippen molar-refractivity contribution in [2.75, 3.05) is 32.8 Å². The number of amides is 2. The topological polar surface area (TPSA) is 77.1 Å². The summed E-state index contributed by atoms with van der Waals surface area (Å²) in [5.74, 6) is 1.40. The zero-order chi connectivity index (χ0) is 19.4. The summed E-state index contributed by atoms with van der Waals surface area (Å²) >= 11 is 0. The molecule has 0 radical (unpaired) electrons. The van der Waals surface area contributed by atoms with E-state index in [4.69, 9.17) is 14.2 Å². The molecule has 0 unspecified atom stereocenters. The van der Waals surface area contributed by atoms with Gasteiger partial charge in [-0.2, -0.15) is 0 Å². The van der Waals surface area contributed by atoms with E-state index in [1.165, 1.54) is 14.2 Å². The fraction of sp³-hybridized carbons (Fsp3) is 0.300. The summed E-state index contributed by atoms with van der Waals surface area (Å²) in [6.45, 7) is 0.408. The lowest BCUT2D eigenvalue weighted by Crippen LogP contribution is -2.37. The number of methoxy groups -OCH3 is 3. The minimum atomic E-state index is -0.274. The van der Waals surface area contributed by atoms with Crippen LogP contribution in [-0.4, -0.2) is 45.7 Å². The molecule has 1 aliphatic rings. The largest absolute Gasteiger partial charge is 0.497 e. The van der Waals surface area contributed by atoms with Crippen molar-refractivity contribution in [1.29, 1.82) is 0 Å². The summed E-state index contributed by atoms with van der Waals surface area (Å²) in [5.41, 5.74) is 1.20. The van der Waals surface area contributed by atoms with Crippen LogP contribution >= 0.6 is 0 Å². The minimum absolute atomic E-state index is 0.0409. The lowest BCUT2D eigenvalue weighted by molar-refractivity contribution is -0.117. The van der Waals surface area contributed by atoms with E-state index in [-0.39, 0.29) is 24.3 Å². The molecular formula is C20H22N2O5. The van der Waals surface area contributed by atoms with Gasteiger partial charge < -0.3 is 24.4 Å². The fourth-order valence-electron chi connectivity index (χ4n) is 3.08. The molecule has 3 rings (SSSR count). The maximum absolute atomic E-state index is 12.6. The van der Waals surface area contributed by atoms with Crippen molar-refractivity contribution >= 4 is 17.5 Å². The molecule has 1 fully saturated rings. The predicted molar refractivity (Wildman–Crippen MR) is 101 cm³/mol. The highest BCUT2D eigenvalue weighted by atomic mass is 16.5.